The molecule has 0 bridgehead atoms. The van der Waals surface area contributed by atoms with Gasteiger partial charge in [0, 0.05) is 36.3 Å². The topological polar surface area (TPSA) is 67.1 Å². The van der Waals surface area contributed by atoms with E-state index in [1.54, 1.807) is 11.3 Å². The lowest BCUT2D eigenvalue weighted by Gasteiger charge is -2.25. The minimum absolute atomic E-state index is 0. The van der Waals surface area contributed by atoms with E-state index in [0.29, 0.717) is 6.54 Å². The number of hydrogen-bond donors (Lipinski definition) is 2. The first-order valence-corrected chi connectivity index (χ1v) is 9.45. The highest BCUT2D eigenvalue weighted by molar-refractivity contribution is 14.0. The van der Waals surface area contributed by atoms with Crippen molar-refractivity contribution in [3.8, 4) is 0 Å². The van der Waals surface area contributed by atoms with Gasteiger partial charge in [-0.3, -0.25) is 0 Å². The molecule has 2 aromatic heterocycles. The Morgan fingerprint density at radius 3 is 2.92 bits per heavy atom. The number of thiophene rings is 1. The Labute approximate surface area is 170 Å². The van der Waals surface area contributed by atoms with E-state index in [-0.39, 0.29) is 29.4 Å². The molecule has 8 heteroatoms. The fourth-order valence-electron chi connectivity index (χ4n) is 2.87. The Bertz CT molecular complexity index is 692. The minimum Gasteiger partial charge on any atom is -0.357 e. The number of aryl methyl sites for hydroxylation is 1. The van der Waals surface area contributed by atoms with Crippen LogP contribution in [-0.2, 0) is 24.9 Å². The van der Waals surface area contributed by atoms with Gasteiger partial charge in [0.15, 0.2) is 11.8 Å². The van der Waals surface area contributed by atoms with E-state index >= 15 is 0 Å². The first-order chi connectivity index (χ1) is 11.6. The van der Waals surface area contributed by atoms with Gasteiger partial charge in [0.1, 0.15) is 12.4 Å². The molecular formula is C17H27IN6S. The highest BCUT2D eigenvalue weighted by Gasteiger charge is 2.22. The molecule has 0 unspecified atom stereocenters. The molecule has 0 fully saturated rings. The van der Waals surface area contributed by atoms with Crippen LogP contribution >= 0.6 is 35.3 Å². The molecule has 0 saturated heterocycles. The van der Waals surface area contributed by atoms with Gasteiger partial charge in [-0.15, -0.1) is 45.5 Å². The van der Waals surface area contributed by atoms with Crippen molar-refractivity contribution in [1.29, 1.82) is 0 Å². The zero-order valence-electron chi connectivity index (χ0n) is 15.1. The number of aromatic nitrogens is 3. The number of halogens is 1. The van der Waals surface area contributed by atoms with E-state index in [1.807, 2.05) is 0 Å². The number of aliphatic imine (C=N–C) groups is 1. The third-order valence-electron chi connectivity index (χ3n) is 4.29. The zero-order valence-corrected chi connectivity index (χ0v) is 18.2. The Kier molecular flexibility index (Phi) is 7.24. The van der Waals surface area contributed by atoms with Gasteiger partial charge < -0.3 is 15.2 Å². The number of fused-ring (bicyclic) bond motifs is 1. The number of nitrogens with one attached hydrogen (secondary N) is 2. The van der Waals surface area contributed by atoms with Crippen molar-refractivity contribution >= 4 is 41.3 Å². The summed E-state index contributed by atoms with van der Waals surface area (Å²) in [6.45, 7) is 9.82. The molecule has 0 saturated carbocycles. The van der Waals surface area contributed by atoms with Crippen molar-refractivity contribution in [3.63, 3.8) is 0 Å². The summed E-state index contributed by atoms with van der Waals surface area (Å²) in [5.41, 5.74) is 0.0699. The maximum atomic E-state index is 4.69. The minimum atomic E-state index is 0. The van der Waals surface area contributed by atoms with Gasteiger partial charge in [-0.1, -0.05) is 19.9 Å². The quantitative estimate of drug-likeness (QED) is 0.384. The Morgan fingerprint density at radius 1 is 1.36 bits per heavy atom. The summed E-state index contributed by atoms with van der Waals surface area (Å²) in [6, 6.07) is 4.29. The SMILES string of the molecule is CCNC(=NCc1nnc2n1CCC2)NCC(C)(C)c1cccs1.I. The zero-order chi connectivity index (χ0) is 17.0. The molecule has 3 rings (SSSR count). The molecule has 1 aliphatic rings. The summed E-state index contributed by atoms with van der Waals surface area (Å²) in [7, 11) is 0. The van der Waals surface area contributed by atoms with Crippen LogP contribution in [-0.4, -0.2) is 33.8 Å². The average molecular weight is 474 g/mol. The predicted octanol–water partition coefficient (Wildman–Crippen LogP) is 2.94. The van der Waals surface area contributed by atoms with E-state index in [0.717, 1.165) is 50.1 Å². The van der Waals surface area contributed by atoms with Gasteiger partial charge in [0.05, 0.1) is 0 Å². The first-order valence-electron chi connectivity index (χ1n) is 8.57. The van der Waals surface area contributed by atoms with Crippen LogP contribution in [0.5, 0.6) is 0 Å². The summed E-state index contributed by atoms with van der Waals surface area (Å²) in [5.74, 6) is 2.88. The normalized spacial score (nSPS) is 14.1. The van der Waals surface area contributed by atoms with Crippen molar-refractivity contribution in [2.45, 2.75) is 52.1 Å². The van der Waals surface area contributed by atoms with E-state index in [4.69, 9.17) is 4.99 Å². The summed E-state index contributed by atoms with van der Waals surface area (Å²) in [5, 5.41) is 17.4. The lowest BCUT2D eigenvalue weighted by molar-refractivity contribution is 0.518. The molecule has 0 atom stereocenters. The second-order valence-corrected chi connectivity index (χ2v) is 7.65. The molecular weight excluding hydrogens is 447 g/mol. The lowest BCUT2D eigenvalue weighted by atomic mass is 9.91. The molecule has 0 spiro atoms. The molecule has 0 aromatic carbocycles. The monoisotopic (exact) mass is 474 g/mol. The fraction of sp³-hybridized carbons (Fsp3) is 0.588. The molecule has 0 radical (unpaired) electrons. The molecule has 6 nitrogen and oxygen atoms in total. The Hall–Kier alpha value is -1.16. The van der Waals surface area contributed by atoms with Crippen LogP contribution in [0.2, 0.25) is 0 Å². The van der Waals surface area contributed by atoms with Crippen molar-refractivity contribution in [3.05, 3.63) is 34.0 Å². The molecule has 25 heavy (non-hydrogen) atoms. The lowest BCUT2D eigenvalue weighted by Crippen LogP contribution is -2.43. The van der Waals surface area contributed by atoms with E-state index in [2.05, 4.69) is 63.7 Å². The largest absolute Gasteiger partial charge is 0.357 e. The highest BCUT2D eigenvalue weighted by atomic mass is 127. The summed E-state index contributed by atoms with van der Waals surface area (Å²) in [6.07, 6.45) is 2.19. The van der Waals surface area contributed by atoms with Crippen LogP contribution in [0.4, 0.5) is 0 Å². The van der Waals surface area contributed by atoms with Gasteiger partial charge >= 0.3 is 0 Å². The molecule has 0 aliphatic carbocycles. The maximum absolute atomic E-state index is 4.69. The van der Waals surface area contributed by atoms with Crippen LogP contribution < -0.4 is 10.6 Å². The van der Waals surface area contributed by atoms with E-state index in [9.17, 15) is 0 Å². The highest BCUT2D eigenvalue weighted by Crippen LogP contribution is 2.26. The van der Waals surface area contributed by atoms with Crippen molar-refractivity contribution in [2.75, 3.05) is 13.1 Å². The van der Waals surface area contributed by atoms with Crippen molar-refractivity contribution < 1.29 is 0 Å². The second kappa shape index (κ2) is 8.98. The van der Waals surface area contributed by atoms with E-state index in [1.165, 1.54) is 4.88 Å². The standard InChI is InChI=1S/C17H26N6S.HI/c1-4-18-16(20-12-17(2,3)13-7-6-10-24-13)19-11-15-22-21-14-8-5-9-23(14)15;/h6-7,10H,4-5,8-9,11-12H2,1-3H3,(H2,18,19,20);1H. The third-order valence-corrected chi connectivity index (χ3v) is 5.53. The number of rotatable bonds is 6. The third kappa shape index (κ3) is 4.93. The molecule has 138 valence electrons. The average Bonchev–Trinajstić information content (AvgIpc) is 3.28. The number of nitrogens with zero attached hydrogens (tertiary/aromatic N) is 4. The van der Waals surface area contributed by atoms with Crippen LogP contribution in [0, 0.1) is 0 Å². The van der Waals surface area contributed by atoms with Crippen LogP contribution in [0.15, 0.2) is 22.5 Å². The summed E-state index contributed by atoms with van der Waals surface area (Å²) in [4.78, 5) is 6.07. The van der Waals surface area contributed by atoms with Crippen LogP contribution in [0.1, 0.15) is 43.7 Å². The van der Waals surface area contributed by atoms with Crippen molar-refractivity contribution in [2.24, 2.45) is 4.99 Å². The molecule has 0 amide bonds. The first kappa shape index (κ1) is 20.2. The van der Waals surface area contributed by atoms with Crippen molar-refractivity contribution in [1.82, 2.24) is 25.4 Å². The van der Waals surface area contributed by atoms with Crippen LogP contribution in [0.3, 0.4) is 0 Å². The molecule has 3 heterocycles. The van der Waals surface area contributed by atoms with Gasteiger partial charge in [-0.25, -0.2) is 4.99 Å². The van der Waals surface area contributed by atoms with Gasteiger partial charge in [-0.2, -0.15) is 0 Å². The second-order valence-electron chi connectivity index (χ2n) is 6.70. The smallest absolute Gasteiger partial charge is 0.191 e. The Morgan fingerprint density at radius 2 is 2.20 bits per heavy atom. The summed E-state index contributed by atoms with van der Waals surface area (Å²) < 4.78 is 2.20. The summed E-state index contributed by atoms with van der Waals surface area (Å²) >= 11 is 1.80. The fourth-order valence-corrected chi connectivity index (χ4v) is 3.73. The number of hydrogen-bond acceptors (Lipinski definition) is 4. The van der Waals surface area contributed by atoms with E-state index < -0.39 is 0 Å². The Balaban J connectivity index is 0.00000225. The van der Waals surface area contributed by atoms with Gasteiger partial charge in [0.25, 0.3) is 0 Å². The predicted molar refractivity (Wildman–Crippen MR) is 114 cm³/mol. The molecule has 1 aliphatic heterocycles. The van der Waals surface area contributed by atoms with Gasteiger partial charge in [0.2, 0.25) is 0 Å². The number of guanidine groups is 1. The molecule has 2 N–H and O–H groups in total. The maximum Gasteiger partial charge on any atom is 0.191 e. The van der Waals surface area contributed by atoms with Crippen LogP contribution in [0.25, 0.3) is 0 Å². The molecule has 2 aromatic rings. The van der Waals surface area contributed by atoms with Gasteiger partial charge in [-0.05, 0) is 24.8 Å².